The van der Waals surface area contributed by atoms with Crippen LogP contribution >= 0.6 is 11.3 Å². The second-order valence-corrected chi connectivity index (χ2v) is 7.34. The Hall–Kier alpha value is -2.62. The molecule has 2 aliphatic carbocycles. The van der Waals surface area contributed by atoms with Gasteiger partial charge in [-0.3, -0.25) is 4.79 Å². The number of rotatable bonds is 4. The van der Waals surface area contributed by atoms with Crippen molar-refractivity contribution in [2.45, 2.75) is 31.7 Å². The van der Waals surface area contributed by atoms with Crippen molar-refractivity contribution >= 4 is 22.8 Å². The summed E-state index contributed by atoms with van der Waals surface area (Å²) in [6, 6.07) is 2.05. The van der Waals surface area contributed by atoms with Crippen molar-refractivity contribution in [3.8, 4) is 11.1 Å². The number of Topliss-reactive ketones (excluding diaryl/α,β-unsaturated/α-hetero) is 1. The zero-order valence-corrected chi connectivity index (χ0v) is 14.7. The molecule has 0 radical (unpaired) electrons. The number of hydrogen-bond acceptors (Lipinski definition) is 6. The number of nitrogen functional groups attached to an aromatic ring is 1. The maximum absolute atomic E-state index is 12.7. The van der Waals surface area contributed by atoms with Crippen molar-refractivity contribution in [1.82, 2.24) is 0 Å². The summed E-state index contributed by atoms with van der Waals surface area (Å²) in [5.74, 6) is 0.459. The number of ketones is 1. The van der Waals surface area contributed by atoms with Crippen LogP contribution in [0.4, 0.5) is 5.69 Å². The number of carbonyl (C=O) groups excluding carboxylic acids is 1. The van der Waals surface area contributed by atoms with Gasteiger partial charge < -0.3 is 16.2 Å². The lowest BCUT2D eigenvalue weighted by Gasteiger charge is -2.22. The molecule has 0 saturated carbocycles. The van der Waals surface area contributed by atoms with E-state index in [0.29, 0.717) is 34.1 Å². The maximum atomic E-state index is 12.7. The average Bonchev–Trinajstić information content (AvgIpc) is 2.92. The van der Waals surface area contributed by atoms with Gasteiger partial charge in [0, 0.05) is 11.1 Å². The van der Waals surface area contributed by atoms with E-state index in [1.165, 1.54) is 0 Å². The van der Waals surface area contributed by atoms with E-state index in [1.54, 1.807) is 12.2 Å². The fraction of sp³-hybridized carbons (Fsp3) is 0.263. The second kappa shape index (κ2) is 6.71. The first-order chi connectivity index (χ1) is 11.9. The molecule has 0 aliphatic heterocycles. The van der Waals surface area contributed by atoms with Crippen LogP contribution in [-0.4, -0.2) is 11.3 Å². The van der Waals surface area contributed by atoms with E-state index in [0.717, 1.165) is 17.8 Å². The quantitative estimate of drug-likeness (QED) is 0.805. The Bertz CT molecular complexity index is 879. The lowest BCUT2D eigenvalue weighted by atomic mass is 9.94. The van der Waals surface area contributed by atoms with Crippen LogP contribution in [0.2, 0.25) is 0 Å². The summed E-state index contributed by atoms with van der Waals surface area (Å²) in [5.41, 5.74) is 12.8. The molecule has 1 atom stereocenters. The Labute approximate surface area is 150 Å². The number of anilines is 1. The normalized spacial score (nSPS) is 22.1. The molecule has 0 aromatic carbocycles. The van der Waals surface area contributed by atoms with E-state index in [4.69, 9.17) is 16.2 Å². The largest absolute Gasteiger partial charge is 0.446 e. The minimum Gasteiger partial charge on any atom is -0.446 e. The minimum atomic E-state index is -0.401. The zero-order chi connectivity index (χ0) is 18.0. The van der Waals surface area contributed by atoms with E-state index in [9.17, 15) is 10.1 Å². The van der Waals surface area contributed by atoms with Crippen molar-refractivity contribution in [2.75, 3.05) is 5.73 Å². The molecule has 1 aromatic heterocycles. The Kier molecular flexibility index (Phi) is 4.62. The van der Waals surface area contributed by atoms with Crippen molar-refractivity contribution in [1.29, 1.82) is 5.26 Å². The number of carbonyl (C=O) groups is 1. The molecule has 25 heavy (non-hydrogen) atoms. The van der Waals surface area contributed by atoms with Gasteiger partial charge in [0.2, 0.25) is 10.8 Å². The predicted octanol–water partition coefficient (Wildman–Crippen LogP) is 3.60. The molecule has 0 spiro atoms. The number of allylic oxidation sites excluding steroid dienone is 5. The van der Waals surface area contributed by atoms with Gasteiger partial charge in [-0.2, -0.15) is 5.26 Å². The van der Waals surface area contributed by atoms with Crippen molar-refractivity contribution in [3.05, 3.63) is 58.2 Å². The fourth-order valence-corrected chi connectivity index (χ4v) is 3.63. The second-order valence-electron chi connectivity index (χ2n) is 6.36. The average molecular weight is 353 g/mol. The van der Waals surface area contributed by atoms with Gasteiger partial charge in [-0.05, 0) is 38.3 Å². The smallest absolute Gasteiger partial charge is 0.201 e. The number of ether oxygens (including phenoxy) is 1. The third-order valence-electron chi connectivity index (χ3n) is 4.12. The lowest BCUT2D eigenvalue weighted by Crippen LogP contribution is -2.34. The van der Waals surface area contributed by atoms with E-state index in [1.807, 2.05) is 37.3 Å². The Morgan fingerprint density at radius 1 is 1.48 bits per heavy atom. The van der Waals surface area contributed by atoms with Crippen LogP contribution in [0.5, 0.6) is 5.06 Å². The van der Waals surface area contributed by atoms with Gasteiger partial charge in [-0.25, -0.2) is 0 Å². The topological polar surface area (TPSA) is 102 Å². The molecule has 0 fully saturated rings. The summed E-state index contributed by atoms with van der Waals surface area (Å²) in [5, 5.41) is 9.76. The van der Waals surface area contributed by atoms with E-state index in [2.05, 4.69) is 0 Å². The number of nitrogens with two attached hydrogens (primary N) is 2. The maximum Gasteiger partial charge on any atom is 0.201 e. The highest BCUT2D eigenvalue weighted by Gasteiger charge is 2.25. The third-order valence-corrected chi connectivity index (χ3v) is 5.20. The Morgan fingerprint density at radius 3 is 2.88 bits per heavy atom. The summed E-state index contributed by atoms with van der Waals surface area (Å²) < 4.78 is 5.82. The first-order valence-corrected chi connectivity index (χ1v) is 8.82. The van der Waals surface area contributed by atoms with Crippen LogP contribution in [0.25, 0.3) is 0 Å². The number of nitrogens with zero attached hydrogens (tertiary/aromatic N) is 1. The molecule has 1 aromatic rings. The van der Waals surface area contributed by atoms with Gasteiger partial charge >= 0.3 is 0 Å². The van der Waals surface area contributed by atoms with E-state index >= 15 is 0 Å². The van der Waals surface area contributed by atoms with Gasteiger partial charge in [0.15, 0.2) is 0 Å². The van der Waals surface area contributed by atoms with Gasteiger partial charge in [0.1, 0.15) is 22.3 Å². The monoisotopic (exact) mass is 353 g/mol. The zero-order valence-electron chi connectivity index (χ0n) is 13.9. The predicted molar refractivity (Wildman–Crippen MR) is 99.3 cm³/mol. The van der Waals surface area contributed by atoms with Gasteiger partial charge in [-0.1, -0.05) is 35.6 Å². The molecule has 0 bridgehead atoms. The van der Waals surface area contributed by atoms with Crippen LogP contribution in [0.3, 0.4) is 0 Å². The van der Waals surface area contributed by atoms with Crippen LogP contribution in [-0.2, 0) is 0 Å². The molecule has 4 N–H and O–H groups in total. The van der Waals surface area contributed by atoms with E-state index in [-0.39, 0.29) is 17.0 Å². The van der Waals surface area contributed by atoms with Crippen molar-refractivity contribution in [3.63, 3.8) is 0 Å². The lowest BCUT2D eigenvalue weighted by molar-refractivity contribution is 0.103. The van der Waals surface area contributed by atoms with Crippen molar-refractivity contribution in [2.24, 2.45) is 5.73 Å². The molecule has 0 amide bonds. The Balaban J connectivity index is 1.89. The van der Waals surface area contributed by atoms with Gasteiger partial charge in [0.25, 0.3) is 0 Å². The molecule has 0 saturated heterocycles. The van der Waals surface area contributed by atoms with Crippen LogP contribution in [0, 0.1) is 11.3 Å². The molecule has 3 rings (SSSR count). The molecule has 5 nitrogen and oxygen atoms in total. The highest BCUT2D eigenvalue weighted by atomic mass is 32.1. The third kappa shape index (κ3) is 3.58. The summed E-state index contributed by atoms with van der Waals surface area (Å²) in [6.45, 7) is 1.92. The summed E-state index contributed by atoms with van der Waals surface area (Å²) in [6.07, 6.45) is 13.3. The molecular weight excluding hydrogens is 334 g/mol. The van der Waals surface area contributed by atoms with Gasteiger partial charge in [0.05, 0.1) is 5.69 Å². The van der Waals surface area contributed by atoms with Crippen LogP contribution in [0.1, 0.15) is 41.4 Å². The highest BCUT2D eigenvalue weighted by Crippen LogP contribution is 2.40. The standard InChI is InChI=1S/C19H19N3O2S/c1-19(22)9-7-13(8-10-19)24-18-14(11-20)15(21)17(25-18)16(23)12-5-3-2-4-6-12/h2-3,5,7-9H,4,6,10,21-22H2,1H3. The fourth-order valence-electron chi connectivity index (χ4n) is 2.62. The first-order valence-electron chi connectivity index (χ1n) is 8.00. The number of hydrogen-bond donors (Lipinski definition) is 2. The molecule has 1 heterocycles. The summed E-state index contributed by atoms with van der Waals surface area (Å²) in [7, 11) is 0. The summed E-state index contributed by atoms with van der Waals surface area (Å²) >= 11 is 1.12. The minimum absolute atomic E-state index is 0.138. The summed E-state index contributed by atoms with van der Waals surface area (Å²) in [4.78, 5) is 13.1. The first kappa shape index (κ1) is 17.2. The van der Waals surface area contributed by atoms with Crippen LogP contribution < -0.4 is 16.2 Å². The van der Waals surface area contributed by atoms with Crippen molar-refractivity contribution < 1.29 is 9.53 Å². The van der Waals surface area contributed by atoms with Crippen LogP contribution in [0.15, 0.2) is 47.8 Å². The molecule has 2 aliphatic rings. The molecule has 6 heteroatoms. The SMILES string of the molecule is CC1(N)C=CC(Oc2sc(C(=O)C3=CC=CCC3)c(N)c2C#N)=CC1. The number of thiophene rings is 1. The van der Waals surface area contributed by atoms with Gasteiger partial charge in [-0.15, -0.1) is 0 Å². The van der Waals surface area contributed by atoms with E-state index < -0.39 is 5.54 Å². The molecule has 128 valence electrons. The highest BCUT2D eigenvalue weighted by molar-refractivity contribution is 7.17. The molecule has 1 unspecified atom stereocenters. The molecular formula is C19H19N3O2S. The Morgan fingerprint density at radius 2 is 2.28 bits per heavy atom. The number of nitriles is 1.